The first-order chi connectivity index (χ1) is 27.5. The van der Waals surface area contributed by atoms with Crippen LogP contribution in [0.2, 0.25) is 0 Å². The van der Waals surface area contributed by atoms with E-state index in [9.17, 15) is 28.9 Å². The minimum absolute atomic E-state index is 0.116. The number of carbonyl (C=O) groups excluding carboxylic acids is 2. The quantitative estimate of drug-likeness (QED) is 0.0150. The number of carbonyl (C=O) groups is 3. The van der Waals surface area contributed by atoms with E-state index >= 15 is 0 Å². The van der Waals surface area contributed by atoms with Gasteiger partial charge in [0.1, 0.15) is 12.6 Å². The lowest BCUT2D eigenvalue weighted by Gasteiger charge is -2.20. The monoisotopic (exact) mass is 830 g/mol. The second-order valence-electron chi connectivity index (χ2n) is 15.0. The molecular weight excluding hydrogens is 749 g/mol. The van der Waals surface area contributed by atoms with Gasteiger partial charge < -0.3 is 30.3 Å². The molecule has 0 heterocycles. The maximum Gasteiger partial charge on any atom is 0.472 e. The summed E-state index contributed by atoms with van der Waals surface area (Å²) in [6, 6.07) is -1.53. The van der Waals surface area contributed by atoms with Crippen LogP contribution in [0, 0.1) is 0 Å². The molecule has 0 amide bonds. The number of allylic oxidation sites excluding steroid dienone is 4. The van der Waals surface area contributed by atoms with Crippen molar-refractivity contribution < 1.29 is 52.6 Å². The van der Waals surface area contributed by atoms with E-state index in [4.69, 9.17) is 24.8 Å². The van der Waals surface area contributed by atoms with E-state index in [-0.39, 0.29) is 19.4 Å². The zero-order valence-electron chi connectivity index (χ0n) is 35.5. The average molecular weight is 830 g/mol. The first kappa shape index (κ1) is 54.7. The number of aliphatic carboxylic acids is 1. The van der Waals surface area contributed by atoms with E-state index in [2.05, 4.69) is 24.4 Å². The van der Waals surface area contributed by atoms with Crippen LogP contribution in [0.3, 0.4) is 0 Å². The molecule has 57 heavy (non-hydrogen) atoms. The lowest BCUT2D eigenvalue weighted by atomic mass is 10.0. The number of carboxylic acid groups (broad SMARTS) is 1. The highest BCUT2D eigenvalue weighted by molar-refractivity contribution is 7.47. The Bertz CT molecular complexity index is 1130. The minimum atomic E-state index is -4.73. The van der Waals surface area contributed by atoms with Gasteiger partial charge in [-0.3, -0.25) is 23.4 Å². The summed E-state index contributed by atoms with van der Waals surface area (Å²) in [6.07, 6.45) is 38.2. The molecule has 0 aliphatic carbocycles. The molecule has 13 heteroatoms. The number of unbranched alkanes of at least 4 members (excludes halogenated alkanes) is 21. The molecule has 0 rings (SSSR count). The summed E-state index contributed by atoms with van der Waals surface area (Å²) < 4.78 is 32.7. The van der Waals surface area contributed by atoms with Crippen molar-refractivity contribution in [1.82, 2.24) is 0 Å². The number of esters is 2. The van der Waals surface area contributed by atoms with Gasteiger partial charge in [-0.05, 0) is 38.5 Å². The van der Waals surface area contributed by atoms with Crippen LogP contribution >= 0.6 is 7.82 Å². The molecule has 0 bridgehead atoms. The number of phosphoric ester groups is 1. The van der Waals surface area contributed by atoms with Gasteiger partial charge in [0, 0.05) is 12.8 Å². The van der Waals surface area contributed by atoms with E-state index in [1.807, 2.05) is 24.3 Å². The topological polar surface area (TPSA) is 192 Å². The predicted molar refractivity (Wildman–Crippen MR) is 228 cm³/mol. The third-order valence-electron chi connectivity index (χ3n) is 9.48. The van der Waals surface area contributed by atoms with Crippen molar-refractivity contribution in [3.63, 3.8) is 0 Å². The summed E-state index contributed by atoms with van der Waals surface area (Å²) in [4.78, 5) is 46.0. The summed E-state index contributed by atoms with van der Waals surface area (Å²) >= 11 is 0. The molecule has 0 radical (unpaired) electrons. The number of aliphatic hydroxyl groups excluding tert-OH is 1. The summed E-state index contributed by atoms with van der Waals surface area (Å²) in [7, 11) is -4.73. The molecule has 0 aromatic carbocycles. The normalized spacial score (nSPS) is 14.6. The van der Waals surface area contributed by atoms with Crippen LogP contribution in [-0.4, -0.2) is 71.1 Å². The first-order valence-corrected chi connectivity index (χ1v) is 23.6. The van der Waals surface area contributed by atoms with Gasteiger partial charge in [0.25, 0.3) is 0 Å². The largest absolute Gasteiger partial charge is 0.480 e. The van der Waals surface area contributed by atoms with E-state index < -0.39 is 57.2 Å². The van der Waals surface area contributed by atoms with Crippen molar-refractivity contribution >= 4 is 25.7 Å². The van der Waals surface area contributed by atoms with Crippen LogP contribution in [0.1, 0.15) is 187 Å². The Balaban J connectivity index is 4.39. The Morgan fingerprint density at radius 3 is 1.65 bits per heavy atom. The molecule has 0 aliphatic rings. The van der Waals surface area contributed by atoms with Crippen molar-refractivity contribution in [2.75, 3.05) is 19.8 Å². The molecule has 0 aromatic rings. The summed E-state index contributed by atoms with van der Waals surface area (Å²) in [6.45, 7) is 2.57. The molecule has 0 aliphatic heterocycles. The number of rotatable bonds is 41. The van der Waals surface area contributed by atoms with Gasteiger partial charge >= 0.3 is 25.7 Å². The van der Waals surface area contributed by atoms with E-state index in [1.54, 1.807) is 6.08 Å². The van der Waals surface area contributed by atoms with Crippen molar-refractivity contribution in [1.29, 1.82) is 0 Å². The van der Waals surface area contributed by atoms with Crippen molar-refractivity contribution in [2.24, 2.45) is 5.73 Å². The molecule has 332 valence electrons. The Kier molecular flexibility index (Phi) is 37.5. The Morgan fingerprint density at radius 2 is 1.12 bits per heavy atom. The average Bonchev–Trinajstić information content (AvgIpc) is 3.18. The molecule has 2 unspecified atom stereocenters. The number of carboxylic acids is 1. The Morgan fingerprint density at radius 1 is 0.632 bits per heavy atom. The van der Waals surface area contributed by atoms with Crippen LogP contribution in [-0.2, 0) is 37.5 Å². The number of ether oxygens (including phenoxy) is 2. The molecular formula is C44H80NO11P. The molecule has 5 N–H and O–H groups in total. The fourth-order valence-corrected chi connectivity index (χ4v) is 6.76. The number of hydrogen-bond donors (Lipinski definition) is 4. The van der Waals surface area contributed by atoms with Gasteiger partial charge in [-0.25, -0.2) is 4.57 Å². The first-order valence-electron chi connectivity index (χ1n) is 22.1. The highest BCUT2D eigenvalue weighted by Crippen LogP contribution is 2.43. The second kappa shape index (κ2) is 39.1. The maximum atomic E-state index is 12.6. The highest BCUT2D eigenvalue weighted by Gasteiger charge is 2.28. The number of nitrogens with two attached hydrogens (primary N) is 1. The second-order valence-corrected chi connectivity index (χ2v) is 16.5. The van der Waals surface area contributed by atoms with Crippen LogP contribution in [0.15, 0.2) is 36.5 Å². The van der Waals surface area contributed by atoms with Gasteiger partial charge in [0.2, 0.25) is 0 Å². The number of phosphoric acid groups is 1. The van der Waals surface area contributed by atoms with Gasteiger partial charge in [-0.15, -0.1) is 0 Å². The van der Waals surface area contributed by atoms with Crippen LogP contribution in [0.4, 0.5) is 0 Å². The standard InChI is InChI=1S/C44H80NO11P/c1-3-5-7-8-9-10-11-12-13-14-15-16-17-20-23-26-30-34-42(47)53-36-40(37-54-57(51,52)55-38-41(45)44(49)50)56-43(48)35-31-27-24-21-18-19-22-25-29-33-39(46)32-28-6-4-2/h6,22,25,28-29,33,39-41,46H,3-5,7-21,23-24,26-27,30-32,34-38,45H2,1-2H3,(H,49,50)(H,51,52)/b25-22+,28-6+,33-29+/t39?,40-,41+/m1/s1. The molecule has 4 atom stereocenters. The lowest BCUT2D eigenvalue weighted by Crippen LogP contribution is -2.34. The number of aliphatic hydroxyl groups is 1. The fourth-order valence-electron chi connectivity index (χ4n) is 5.98. The third kappa shape index (κ3) is 38.9. The van der Waals surface area contributed by atoms with Gasteiger partial charge in [-0.2, -0.15) is 0 Å². The molecule has 0 saturated carbocycles. The zero-order valence-corrected chi connectivity index (χ0v) is 36.4. The van der Waals surface area contributed by atoms with Crippen molar-refractivity contribution in [2.45, 2.75) is 205 Å². The minimum Gasteiger partial charge on any atom is -0.480 e. The molecule has 0 saturated heterocycles. The van der Waals surface area contributed by atoms with Crippen LogP contribution < -0.4 is 5.73 Å². The fraction of sp³-hybridized carbons (Fsp3) is 0.795. The Labute approximate surface area is 345 Å². The zero-order chi connectivity index (χ0) is 42.2. The summed E-state index contributed by atoms with van der Waals surface area (Å²) in [5, 5.41) is 18.8. The van der Waals surface area contributed by atoms with Gasteiger partial charge in [0.15, 0.2) is 6.10 Å². The van der Waals surface area contributed by atoms with E-state index in [0.717, 1.165) is 57.8 Å². The van der Waals surface area contributed by atoms with E-state index in [1.165, 1.54) is 83.5 Å². The van der Waals surface area contributed by atoms with Gasteiger partial charge in [0.05, 0.1) is 19.3 Å². The Hall–Kier alpha value is -2.34. The molecule has 0 fully saturated rings. The lowest BCUT2D eigenvalue weighted by molar-refractivity contribution is -0.161. The van der Waals surface area contributed by atoms with Crippen molar-refractivity contribution in [3.05, 3.63) is 36.5 Å². The smallest absolute Gasteiger partial charge is 0.472 e. The van der Waals surface area contributed by atoms with E-state index in [0.29, 0.717) is 19.3 Å². The third-order valence-corrected chi connectivity index (χ3v) is 10.4. The maximum absolute atomic E-state index is 12.6. The highest BCUT2D eigenvalue weighted by atomic mass is 31.2. The van der Waals surface area contributed by atoms with Gasteiger partial charge in [-0.1, -0.05) is 172 Å². The summed E-state index contributed by atoms with van der Waals surface area (Å²) in [5.74, 6) is -2.44. The number of hydrogen-bond acceptors (Lipinski definition) is 10. The van der Waals surface area contributed by atoms with Crippen LogP contribution in [0.5, 0.6) is 0 Å². The molecule has 0 spiro atoms. The van der Waals surface area contributed by atoms with Crippen LogP contribution in [0.25, 0.3) is 0 Å². The predicted octanol–water partition coefficient (Wildman–Crippen LogP) is 10.6. The SMILES string of the molecule is CC/C=C/CC(O)/C=C/C=C/CCCCCCCC(=O)O[C@H](COC(=O)CCCCCCCCCCCCCCCCCCC)COP(=O)(O)OC[C@H](N)C(=O)O. The van der Waals surface area contributed by atoms with Crippen molar-refractivity contribution in [3.8, 4) is 0 Å². The molecule has 0 aromatic heterocycles. The summed E-state index contributed by atoms with van der Waals surface area (Å²) in [5.41, 5.74) is 5.33. The molecule has 12 nitrogen and oxygen atoms in total.